The van der Waals surface area contributed by atoms with Gasteiger partial charge in [0.25, 0.3) is 0 Å². The van der Waals surface area contributed by atoms with E-state index in [1.54, 1.807) is 6.33 Å². The molecule has 2 aliphatic heterocycles. The maximum Gasteiger partial charge on any atom is 0.319 e. The number of fused-ring (bicyclic) bond motifs is 1. The van der Waals surface area contributed by atoms with E-state index < -0.39 is 0 Å². The zero-order valence-corrected chi connectivity index (χ0v) is 15.7. The predicted octanol–water partition coefficient (Wildman–Crippen LogP) is 2.17. The summed E-state index contributed by atoms with van der Waals surface area (Å²) in [7, 11) is 0. The summed E-state index contributed by atoms with van der Waals surface area (Å²) in [5.41, 5.74) is 0.546. The van der Waals surface area contributed by atoms with Crippen molar-refractivity contribution in [2.75, 3.05) is 18.4 Å². The number of carbonyl (C=O) groups is 2. The quantitative estimate of drug-likeness (QED) is 0.854. The topological polar surface area (TPSA) is 92.2 Å². The molecule has 28 heavy (non-hydrogen) atoms. The minimum absolute atomic E-state index is 0.193. The molecule has 1 aliphatic carbocycles. The predicted molar refractivity (Wildman–Crippen MR) is 102 cm³/mol. The first-order valence-corrected chi connectivity index (χ1v) is 9.94. The van der Waals surface area contributed by atoms with E-state index in [9.17, 15) is 9.59 Å². The van der Waals surface area contributed by atoms with E-state index in [1.165, 1.54) is 0 Å². The number of hydrogen-bond donors (Lipinski definition) is 2. The largest absolute Gasteiger partial charge is 0.342 e. The number of aryl methyl sites for hydroxylation is 1. The van der Waals surface area contributed by atoms with Crippen molar-refractivity contribution >= 4 is 17.6 Å². The smallest absolute Gasteiger partial charge is 0.319 e. The van der Waals surface area contributed by atoms with E-state index in [2.05, 4.69) is 20.7 Å². The fourth-order valence-electron chi connectivity index (χ4n) is 4.57. The molecule has 0 radical (unpaired) electrons. The van der Waals surface area contributed by atoms with Crippen LogP contribution in [0.3, 0.4) is 0 Å². The number of nitrogens with zero attached hydrogens (tertiary/aromatic N) is 4. The van der Waals surface area contributed by atoms with Crippen LogP contribution < -0.4 is 10.6 Å². The third kappa shape index (κ3) is 3.02. The van der Waals surface area contributed by atoms with E-state index in [4.69, 9.17) is 0 Å². The van der Waals surface area contributed by atoms with Crippen LogP contribution in [0.4, 0.5) is 10.5 Å². The normalized spacial score (nSPS) is 26.1. The SMILES string of the molecule is O=C(Nc1ccccc1)N[C@H]1c2ncnn2CC[C@@]12CCN(C(=O)C1CC1)C2. The second kappa shape index (κ2) is 6.61. The molecule has 2 aromatic rings. The third-order valence-electron chi connectivity index (χ3n) is 6.27. The van der Waals surface area contributed by atoms with Gasteiger partial charge in [-0.15, -0.1) is 0 Å². The lowest BCUT2D eigenvalue weighted by molar-refractivity contribution is -0.132. The summed E-state index contributed by atoms with van der Waals surface area (Å²) in [6, 6.07) is 8.84. The lowest BCUT2D eigenvalue weighted by Crippen LogP contribution is -2.49. The first-order valence-electron chi connectivity index (χ1n) is 9.94. The Bertz CT molecular complexity index is 893. The first kappa shape index (κ1) is 17.2. The highest BCUT2D eigenvalue weighted by Crippen LogP contribution is 2.48. The Labute approximate surface area is 163 Å². The van der Waals surface area contributed by atoms with Crippen molar-refractivity contribution in [2.45, 2.75) is 38.3 Å². The molecule has 0 unspecified atom stereocenters. The molecule has 3 heterocycles. The lowest BCUT2D eigenvalue weighted by Gasteiger charge is -2.40. The van der Waals surface area contributed by atoms with Crippen LogP contribution in [-0.4, -0.2) is 44.7 Å². The van der Waals surface area contributed by atoms with Gasteiger partial charge in [-0.3, -0.25) is 4.79 Å². The maximum atomic E-state index is 12.7. The Hall–Kier alpha value is -2.90. The number of nitrogens with one attached hydrogen (secondary N) is 2. The van der Waals surface area contributed by atoms with Crippen molar-refractivity contribution in [1.82, 2.24) is 25.0 Å². The van der Waals surface area contributed by atoms with Crippen LogP contribution in [-0.2, 0) is 11.3 Å². The van der Waals surface area contributed by atoms with Crippen LogP contribution in [0.2, 0.25) is 0 Å². The molecular formula is C20H24N6O2. The molecule has 1 spiro atoms. The van der Waals surface area contributed by atoms with E-state index in [1.807, 2.05) is 39.9 Å². The molecule has 2 fully saturated rings. The van der Waals surface area contributed by atoms with Gasteiger partial charge in [-0.05, 0) is 37.8 Å². The van der Waals surface area contributed by atoms with Gasteiger partial charge in [0.1, 0.15) is 12.2 Å². The van der Waals surface area contributed by atoms with Gasteiger partial charge in [0, 0.05) is 36.7 Å². The molecular weight excluding hydrogens is 356 g/mol. The fraction of sp³-hybridized carbons (Fsp3) is 0.500. The second-order valence-electron chi connectivity index (χ2n) is 8.14. The number of anilines is 1. The van der Waals surface area contributed by atoms with Crippen molar-refractivity contribution in [2.24, 2.45) is 11.3 Å². The van der Waals surface area contributed by atoms with Crippen molar-refractivity contribution in [1.29, 1.82) is 0 Å². The lowest BCUT2D eigenvalue weighted by atomic mass is 9.74. The van der Waals surface area contributed by atoms with Crippen LogP contribution in [0.1, 0.15) is 37.5 Å². The average molecular weight is 380 g/mol. The fourth-order valence-corrected chi connectivity index (χ4v) is 4.57. The van der Waals surface area contributed by atoms with Crippen molar-refractivity contribution < 1.29 is 9.59 Å². The van der Waals surface area contributed by atoms with Gasteiger partial charge in [-0.1, -0.05) is 18.2 Å². The van der Waals surface area contributed by atoms with Crippen LogP contribution in [0.15, 0.2) is 36.7 Å². The van der Waals surface area contributed by atoms with Gasteiger partial charge < -0.3 is 15.5 Å². The summed E-state index contributed by atoms with van der Waals surface area (Å²) in [5, 5.41) is 10.3. The summed E-state index contributed by atoms with van der Waals surface area (Å²) < 4.78 is 1.87. The summed E-state index contributed by atoms with van der Waals surface area (Å²) in [6.07, 6.45) is 5.30. The number of carbonyl (C=O) groups excluding carboxylic acids is 2. The summed E-state index contributed by atoms with van der Waals surface area (Å²) in [6.45, 7) is 2.19. The van der Waals surface area contributed by atoms with Crippen molar-refractivity contribution in [3.8, 4) is 0 Å². The summed E-state index contributed by atoms with van der Waals surface area (Å²) in [4.78, 5) is 31.8. The molecule has 8 heteroatoms. The summed E-state index contributed by atoms with van der Waals surface area (Å²) >= 11 is 0. The molecule has 2 N–H and O–H groups in total. The number of urea groups is 1. The molecule has 3 amide bonds. The molecule has 5 rings (SSSR count). The second-order valence-corrected chi connectivity index (χ2v) is 8.14. The Balaban J connectivity index is 1.38. The summed E-state index contributed by atoms with van der Waals surface area (Å²) in [5.74, 6) is 1.27. The van der Waals surface area contributed by atoms with E-state index in [-0.39, 0.29) is 29.3 Å². The van der Waals surface area contributed by atoms with Gasteiger partial charge in [0.05, 0.1) is 6.04 Å². The Morgan fingerprint density at radius 1 is 1.11 bits per heavy atom. The zero-order valence-electron chi connectivity index (χ0n) is 15.7. The number of hydrogen-bond acceptors (Lipinski definition) is 4. The number of aromatic nitrogens is 3. The van der Waals surface area contributed by atoms with Gasteiger partial charge >= 0.3 is 6.03 Å². The Kier molecular flexibility index (Phi) is 4.07. The molecule has 146 valence electrons. The van der Waals surface area contributed by atoms with Crippen LogP contribution in [0.5, 0.6) is 0 Å². The van der Waals surface area contributed by atoms with Crippen LogP contribution in [0.25, 0.3) is 0 Å². The van der Waals surface area contributed by atoms with Gasteiger partial charge in [0.15, 0.2) is 0 Å². The van der Waals surface area contributed by atoms with Gasteiger partial charge in [0.2, 0.25) is 5.91 Å². The molecule has 0 bridgehead atoms. The highest BCUT2D eigenvalue weighted by molar-refractivity contribution is 5.89. The number of para-hydroxylation sites is 1. The zero-order chi connectivity index (χ0) is 19.1. The first-order chi connectivity index (χ1) is 13.6. The number of rotatable bonds is 3. The van der Waals surface area contributed by atoms with Crippen molar-refractivity contribution in [3.05, 3.63) is 42.5 Å². The third-order valence-corrected chi connectivity index (χ3v) is 6.27. The average Bonchev–Trinajstić information content (AvgIpc) is 3.29. The molecule has 2 atom stereocenters. The molecule has 8 nitrogen and oxygen atoms in total. The van der Waals surface area contributed by atoms with Gasteiger partial charge in [-0.2, -0.15) is 5.10 Å². The highest BCUT2D eigenvalue weighted by atomic mass is 16.2. The highest BCUT2D eigenvalue weighted by Gasteiger charge is 2.51. The van der Waals surface area contributed by atoms with E-state index >= 15 is 0 Å². The minimum atomic E-state index is -0.274. The Morgan fingerprint density at radius 3 is 2.68 bits per heavy atom. The van der Waals surface area contributed by atoms with E-state index in [0.29, 0.717) is 6.54 Å². The molecule has 3 aliphatic rings. The molecule has 1 aromatic heterocycles. The van der Waals surface area contributed by atoms with Crippen LogP contribution >= 0.6 is 0 Å². The molecule has 1 saturated carbocycles. The maximum absolute atomic E-state index is 12.7. The monoisotopic (exact) mass is 380 g/mol. The number of benzene rings is 1. The Morgan fingerprint density at radius 2 is 1.89 bits per heavy atom. The number of likely N-dealkylation sites (tertiary alicyclic amines) is 1. The minimum Gasteiger partial charge on any atom is -0.342 e. The molecule has 1 aromatic carbocycles. The van der Waals surface area contributed by atoms with Crippen molar-refractivity contribution in [3.63, 3.8) is 0 Å². The van der Waals surface area contributed by atoms with Gasteiger partial charge in [-0.25, -0.2) is 14.5 Å². The standard InChI is InChI=1S/C20H24N6O2/c27-18(14-6-7-14)25-10-8-20(12-25)9-11-26-17(21-13-22-26)16(20)24-19(28)23-15-4-2-1-3-5-15/h1-5,13-14,16H,6-12H2,(H2,23,24,28)/t16-,20+/m0/s1. The van der Waals surface area contributed by atoms with Crippen LogP contribution in [0, 0.1) is 11.3 Å². The van der Waals surface area contributed by atoms with E-state index in [0.717, 1.165) is 50.3 Å². The number of amides is 3. The molecule has 1 saturated heterocycles.